The van der Waals surface area contributed by atoms with E-state index in [2.05, 4.69) is 29.6 Å². The van der Waals surface area contributed by atoms with E-state index in [4.69, 9.17) is 0 Å². The Morgan fingerprint density at radius 2 is 1.95 bits per heavy atom. The summed E-state index contributed by atoms with van der Waals surface area (Å²) in [6, 6.07) is 5.12. The number of benzene rings is 1. The molecule has 0 spiro atoms. The number of alkyl halides is 1. The predicted molar refractivity (Wildman–Crippen MR) is 87.0 cm³/mol. The van der Waals surface area contributed by atoms with Gasteiger partial charge in [0.25, 0.3) is 0 Å². The smallest absolute Gasteiger partial charge is 0.245 e. The molecule has 2 heterocycles. The van der Waals surface area contributed by atoms with Crippen LogP contribution in [0.3, 0.4) is 0 Å². The topological polar surface area (TPSA) is 65.3 Å². The normalized spacial score (nSPS) is 19.5. The van der Waals surface area contributed by atoms with Crippen LogP contribution < -0.4 is 0 Å². The van der Waals surface area contributed by atoms with Crippen LogP contribution in [-0.2, 0) is 21.4 Å². The fraction of sp³-hybridized carbons (Fsp3) is 0.500. The van der Waals surface area contributed by atoms with Gasteiger partial charge in [-0.1, -0.05) is 22.0 Å². The Balaban J connectivity index is 1.83. The molecule has 0 saturated carbocycles. The predicted octanol–water partition coefficient (Wildman–Crippen LogP) is 2.11. The van der Waals surface area contributed by atoms with Crippen LogP contribution in [0.15, 0.2) is 31.8 Å². The number of rotatable bonds is 4. The van der Waals surface area contributed by atoms with Gasteiger partial charge >= 0.3 is 0 Å². The highest BCUT2D eigenvalue weighted by Gasteiger charge is 2.31. The fourth-order valence-corrected chi connectivity index (χ4v) is 5.12. The number of piperazine rings is 1. The van der Waals surface area contributed by atoms with Crippen molar-refractivity contribution >= 4 is 48.7 Å². The third-order valence-electron chi connectivity index (χ3n) is 3.60. The minimum atomic E-state index is -3.50. The fourth-order valence-electron chi connectivity index (χ4n) is 2.44. The largest absolute Gasteiger partial charge is 0.300 e. The summed E-state index contributed by atoms with van der Waals surface area (Å²) in [5, 5.41) is 0.906. The molecule has 1 fully saturated rings. The molecule has 0 bridgehead atoms. The molecular formula is C12H15BrN4O2S2. The van der Waals surface area contributed by atoms with Crippen LogP contribution in [-0.4, -0.2) is 55.7 Å². The van der Waals surface area contributed by atoms with E-state index >= 15 is 0 Å². The standard InChI is InChI=1S/C12H15BrN4O2S2/c13-4-5-16-6-8-17(9-7-16)21(18,19)11-3-1-2-10-12(11)15-20-14-10/h1-3H,4-9H2. The average Bonchev–Trinajstić information content (AvgIpc) is 2.96. The van der Waals surface area contributed by atoms with E-state index in [0.717, 1.165) is 36.3 Å². The number of hydrogen-bond acceptors (Lipinski definition) is 5. The van der Waals surface area contributed by atoms with Gasteiger partial charge in [-0.3, -0.25) is 4.90 Å². The number of hydrogen-bond donors (Lipinski definition) is 0. The Hall–Kier alpha value is -0.610. The van der Waals surface area contributed by atoms with Gasteiger partial charge in [-0.25, -0.2) is 8.42 Å². The molecular weight excluding hydrogens is 376 g/mol. The van der Waals surface area contributed by atoms with E-state index in [0.29, 0.717) is 24.5 Å². The van der Waals surface area contributed by atoms with Gasteiger partial charge in [-0.2, -0.15) is 13.0 Å². The first-order valence-electron chi connectivity index (χ1n) is 6.62. The van der Waals surface area contributed by atoms with E-state index in [1.165, 1.54) is 0 Å². The SMILES string of the molecule is O=S(=O)(c1cccc2c1N=S=N2)N1CCN(CCBr)CC1. The lowest BCUT2D eigenvalue weighted by Gasteiger charge is -2.33. The maximum Gasteiger partial charge on any atom is 0.245 e. The molecule has 21 heavy (non-hydrogen) atoms. The van der Waals surface area contributed by atoms with Crippen LogP contribution in [0.4, 0.5) is 11.4 Å². The maximum atomic E-state index is 12.8. The molecule has 0 atom stereocenters. The molecule has 0 aliphatic carbocycles. The Labute approximate surface area is 136 Å². The van der Waals surface area contributed by atoms with Gasteiger partial charge in [-0.05, 0) is 12.1 Å². The Kier molecular flexibility index (Phi) is 4.55. The minimum Gasteiger partial charge on any atom is -0.300 e. The zero-order chi connectivity index (χ0) is 14.9. The third kappa shape index (κ3) is 2.98. The van der Waals surface area contributed by atoms with Crippen LogP contribution in [0.5, 0.6) is 0 Å². The molecule has 2 aliphatic rings. The molecule has 0 N–H and O–H groups in total. The summed E-state index contributed by atoms with van der Waals surface area (Å²) in [4.78, 5) is 2.52. The van der Waals surface area contributed by atoms with Crippen molar-refractivity contribution in [1.29, 1.82) is 0 Å². The van der Waals surface area contributed by atoms with Crippen molar-refractivity contribution in [2.75, 3.05) is 38.1 Å². The molecule has 0 amide bonds. The summed E-state index contributed by atoms with van der Waals surface area (Å²) in [6.07, 6.45) is 0. The zero-order valence-corrected chi connectivity index (χ0v) is 14.5. The molecule has 3 rings (SSSR count). The molecule has 9 heteroatoms. The Morgan fingerprint density at radius 3 is 2.67 bits per heavy atom. The number of sulfonamides is 1. The van der Waals surface area contributed by atoms with E-state index < -0.39 is 10.0 Å². The first-order chi connectivity index (χ1) is 10.1. The molecule has 1 saturated heterocycles. The molecule has 0 radical (unpaired) electrons. The molecule has 0 unspecified atom stereocenters. The van der Waals surface area contributed by atoms with E-state index in [-0.39, 0.29) is 4.90 Å². The number of fused-ring (bicyclic) bond motifs is 1. The van der Waals surface area contributed by atoms with Crippen LogP contribution in [0.1, 0.15) is 0 Å². The van der Waals surface area contributed by atoms with Crippen LogP contribution in [0, 0.1) is 0 Å². The highest BCUT2D eigenvalue weighted by Crippen LogP contribution is 2.38. The summed E-state index contributed by atoms with van der Waals surface area (Å²) in [5.41, 5.74) is 1.12. The van der Waals surface area contributed by atoms with E-state index in [1.54, 1.807) is 22.5 Å². The molecule has 1 aromatic carbocycles. The van der Waals surface area contributed by atoms with Gasteiger partial charge in [0.1, 0.15) is 16.3 Å². The lowest BCUT2D eigenvalue weighted by atomic mass is 10.3. The van der Waals surface area contributed by atoms with Gasteiger partial charge < -0.3 is 0 Å². The second kappa shape index (κ2) is 6.25. The van der Waals surface area contributed by atoms with Gasteiger partial charge in [-0.15, -0.1) is 0 Å². The Morgan fingerprint density at radius 1 is 1.19 bits per heavy atom. The second-order valence-corrected chi connectivity index (χ2v) is 8.05. The van der Waals surface area contributed by atoms with Crippen molar-refractivity contribution in [1.82, 2.24) is 9.21 Å². The summed E-state index contributed by atoms with van der Waals surface area (Å²) >= 11 is 4.45. The van der Waals surface area contributed by atoms with Gasteiger partial charge in [0.2, 0.25) is 10.0 Å². The van der Waals surface area contributed by atoms with Gasteiger partial charge in [0.05, 0.1) is 11.4 Å². The van der Waals surface area contributed by atoms with Crippen LogP contribution in [0.25, 0.3) is 0 Å². The minimum absolute atomic E-state index is 0.266. The molecule has 2 aliphatic heterocycles. The summed E-state index contributed by atoms with van der Waals surface area (Å²) < 4.78 is 35.4. The number of nitrogens with zero attached hydrogens (tertiary/aromatic N) is 4. The molecule has 114 valence electrons. The highest BCUT2D eigenvalue weighted by molar-refractivity contribution is 9.09. The monoisotopic (exact) mass is 390 g/mol. The van der Waals surface area contributed by atoms with Crippen molar-refractivity contribution in [3.05, 3.63) is 18.2 Å². The van der Waals surface area contributed by atoms with Crippen molar-refractivity contribution < 1.29 is 8.42 Å². The number of halogens is 1. The second-order valence-electron chi connectivity index (χ2n) is 4.82. The first kappa shape index (κ1) is 15.3. The summed E-state index contributed by atoms with van der Waals surface area (Å²) in [5.74, 6) is 0. The van der Waals surface area contributed by atoms with Crippen molar-refractivity contribution in [2.24, 2.45) is 8.73 Å². The van der Waals surface area contributed by atoms with Crippen molar-refractivity contribution in [3.63, 3.8) is 0 Å². The zero-order valence-electron chi connectivity index (χ0n) is 11.3. The summed E-state index contributed by atoms with van der Waals surface area (Å²) in [7, 11) is -3.50. The Bertz CT molecular complexity index is 708. The highest BCUT2D eigenvalue weighted by atomic mass is 79.9. The van der Waals surface area contributed by atoms with E-state index in [9.17, 15) is 8.42 Å². The average molecular weight is 391 g/mol. The van der Waals surface area contributed by atoms with Gasteiger partial charge in [0, 0.05) is 38.1 Å². The molecule has 0 aromatic heterocycles. The van der Waals surface area contributed by atoms with Crippen LogP contribution in [0.2, 0.25) is 0 Å². The quantitative estimate of drug-likeness (QED) is 0.750. The lowest BCUT2D eigenvalue weighted by Crippen LogP contribution is -2.48. The molecule has 1 aromatic rings. The van der Waals surface area contributed by atoms with Gasteiger partial charge in [0.15, 0.2) is 0 Å². The third-order valence-corrected chi connectivity index (χ3v) is 6.43. The van der Waals surface area contributed by atoms with Crippen LogP contribution >= 0.6 is 15.9 Å². The summed E-state index contributed by atoms with van der Waals surface area (Å²) in [6.45, 7) is 3.50. The lowest BCUT2D eigenvalue weighted by molar-refractivity contribution is 0.198. The molecule has 6 nitrogen and oxygen atoms in total. The van der Waals surface area contributed by atoms with E-state index in [1.807, 2.05) is 0 Å². The first-order valence-corrected chi connectivity index (χ1v) is 9.92. The van der Waals surface area contributed by atoms with Crippen molar-refractivity contribution in [2.45, 2.75) is 4.90 Å². The maximum absolute atomic E-state index is 12.8. The van der Waals surface area contributed by atoms with Crippen molar-refractivity contribution in [3.8, 4) is 0 Å².